The molecule has 0 heterocycles. The molecule has 10 heteroatoms. The molecule has 0 fully saturated rings. The minimum atomic E-state index is -1.62. The lowest BCUT2D eigenvalue weighted by Crippen LogP contribution is -2.34. The van der Waals surface area contributed by atoms with Gasteiger partial charge >= 0.3 is 23.9 Å². The molecule has 4 rings (SSSR count). The van der Waals surface area contributed by atoms with Gasteiger partial charge in [-0.2, -0.15) is 0 Å². The zero-order chi connectivity index (χ0) is 36.6. The molecule has 10 nitrogen and oxygen atoms in total. The number of benzene rings is 4. The second kappa shape index (κ2) is 18.9. The smallest absolute Gasteiger partial charge is 0.343 e. The molecule has 0 unspecified atom stereocenters. The summed E-state index contributed by atoms with van der Waals surface area (Å²) >= 11 is 0. The fourth-order valence-corrected chi connectivity index (χ4v) is 4.69. The molecule has 0 aliphatic heterocycles. The Hall–Kier alpha value is -5.64. The summed E-state index contributed by atoms with van der Waals surface area (Å²) in [5.41, 5.74) is 1.01. The maximum Gasteiger partial charge on any atom is 0.343 e. The summed E-state index contributed by atoms with van der Waals surface area (Å²) in [5, 5.41) is 0. The minimum Gasteiger partial charge on any atom is -0.494 e. The van der Waals surface area contributed by atoms with Crippen molar-refractivity contribution in [3.05, 3.63) is 119 Å². The monoisotopic (exact) mass is 696 g/mol. The Morgan fingerprint density at radius 1 is 0.431 bits per heavy atom. The Labute approximate surface area is 298 Å². The van der Waals surface area contributed by atoms with Crippen LogP contribution in [0.15, 0.2) is 97.1 Å². The van der Waals surface area contributed by atoms with E-state index in [2.05, 4.69) is 13.8 Å². The van der Waals surface area contributed by atoms with Gasteiger partial charge < -0.3 is 28.4 Å². The van der Waals surface area contributed by atoms with Crippen molar-refractivity contribution in [1.29, 1.82) is 0 Å². The van der Waals surface area contributed by atoms with Crippen LogP contribution >= 0.6 is 0 Å². The first kappa shape index (κ1) is 38.2. The van der Waals surface area contributed by atoms with E-state index in [1.54, 1.807) is 48.5 Å². The number of ether oxygens (including phenoxy) is 6. The number of carbonyl (C=O) groups excluding carboxylic acids is 4. The normalized spacial score (nSPS) is 10.9. The van der Waals surface area contributed by atoms with Crippen LogP contribution in [0, 0.1) is 0 Å². The first-order valence-corrected chi connectivity index (χ1v) is 17.1. The number of rotatable bonds is 18. The lowest BCUT2D eigenvalue weighted by Gasteiger charge is -2.25. The van der Waals surface area contributed by atoms with E-state index < -0.39 is 29.7 Å². The summed E-state index contributed by atoms with van der Waals surface area (Å²) in [7, 11) is 0. The van der Waals surface area contributed by atoms with E-state index in [1.807, 2.05) is 0 Å². The molecule has 0 atom stereocenters. The highest BCUT2D eigenvalue weighted by Crippen LogP contribution is 2.22. The van der Waals surface area contributed by atoms with Crippen LogP contribution in [0.4, 0.5) is 0 Å². The standard InChI is InChI=1S/C41H44O10/c1-5-7-9-27-46-33-19-11-29(12-20-33)37(42)48-35-23-15-31(16-24-35)39(44)50-41(3,4)51-40(45)32-17-25-36(26-18-32)49-38(43)30-13-21-34(22-14-30)47-28-10-8-6-2/h11-26H,5-10,27-28H2,1-4H3. The fourth-order valence-electron chi connectivity index (χ4n) is 4.69. The molecule has 0 N–H and O–H groups in total. The molecule has 4 aromatic carbocycles. The lowest BCUT2D eigenvalue weighted by molar-refractivity contribution is -0.143. The van der Waals surface area contributed by atoms with Gasteiger partial charge in [0.25, 0.3) is 5.79 Å². The van der Waals surface area contributed by atoms with Crippen molar-refractivity contribution in [2.45, 2.75) is 72.0 Å². The Morgan fingerprint density at radius 2 is 0.725 bits per heavy atom. The summed E-state index contributed by atoms with van der Waals surface area (Å²) in [4.78, 5) is 50.9. The van der Waals surface area contributed by atoms with E-state index in [1.165, 1.54) is 62.4 Å². The minimum absolute atomic E-state index is 0.156. The predicted molar refractivity (Wildman–Crippen MR) is 191 cm³/mol. The first-order chi connectivity index (χ1) is 24.6. The average Bonchev–Trinajstić information content (AvgIpc) is 3.12. The van der Waals surface area contributed by atoms with Gasteiger partial charge in [0.2, 0.25) is 0 Å². The number of unbranched alkanes of at least 4 members (excludes halogenated alkanes) is 4. The van der Waals surface area contributed by atoms with E-state index in [-0.39, 0.29) is 22.6 Å². The Balaban J connectivity index is 1.23. The van der Waals surface area contributed by atoms with E-state index in [0.29, 0.717) is 35.8 Å². The lowest BCUT2D eigenvalue weighted by atomic mass is 10.2. The van der Waals surface area contributed by atoms with Crippen LogP contribution in [-0.4, -0.2) is 42.9 Å². The molecule has 0 aliphatic rings. The highest BCUT2D eigenvalue weighted by molar-refractivity contribution is 5.93. The largest absolute Gasteiger partial charge is 0.494 e. The Bertz CT molecular complexity index is 1600. The number of hydrogen-bond donors (Lipinski definition) is 0. The number of esters is 4. The first-order valence-electron chi connectivity index (χ1n) is 17.1. The van der Waals surface area contributed by atoms with E-state index in [4.69, 9.17) is 28.4 Å². The molecule has 268 valence electrons. The Kier molecular flexibility index (Phi) is 14.2. The van der Waals surface area contributed by atoms with Crippen molar-refractivity contribution in [3.63, 3.8) is 0 Å². The van der Waals surface area contributed by atoms with Gasteiger partial charge in [0.1, 0.15) is 23.0 Å². The van der Waals surface area contributed by atoms with Crippen molar-refractivity contribution in [1.82, 2.24) is 0 Å². The number of hydrogen-bond acceptors (Lipinski definition) is 10. The molecule has 0 bridgehead atoms. The molecule has 0 aromatic heterocycles. The molecule has 51 heavy (non-hydrogen) atoms. The molecule has 0 spiro atoms. The Morgan fingerprint density at radius 3 is 1.04 bits per heavy atom. The molecule has 0 saturated heterocycles. The van der Waals surface area contributed by atoms with Crippen LogP contribution in [0.2, 0.25) is 0 Å². The van der Waals surface area contributed by atoms with Gasteiger partial charge in [-0.15, -0.1) is 0 Å². The highest BCUT2D eigenvalue weighted by Gasteiger charge is 2.29. The maximum absolute atomic E-state index is 12.8. The van der Waals surface area contributed by atoms with Crippen LogP contribution in [0.25, 0.3) is 0 Å². The van der Waals surface area contributed by atoms with Crippen LogP contribution in [-0.2, 0) is 9.47 Å². The molecule has 4 aromatic rings. The number of carbonyl (C=O) groups is 4. The summed E-state index contributed by atoms with van der Waals surface area (Å²) < 4.78 is 33.1. The van der Waals surface area contributed by atoms with Crippen LogP contribution < -0.4 is 18.9 Å². The van der Waals surface area contributed by atoms with Crippen molar-refractivity contribution in [2.75, 3.05) is 13.2 Å². The zero-order valence-corrected chi connectivity index (χ0v) is 29.5. The highest BCUT2D eigenvalue weighted by atomic mass is 16.7. The summed E-state index contributed by atoms with van der Waals surface area (Å²) in [6, 6.07) is 25.0. The van der Waals surface area contributed by atoms with Crippen molar-refractivity contribution < 1.29 is 47.6 Å². The fraction of sp³-hybridized carbons (Fsp3) is 0.317. The third kappa shape index (κ3) is 12.3. The predicted octanol–water partition coefficient (Wildman–Crippen LogP) is 9.01. The third-order valence-corrected chi connectivity index (χ3v) is 7.49. The van der Waals surface area contributed by atoms with Gasteiger partial charge in [-0.1, -0.05) is 39.5 Å². The van der Waals surface area contributed by atoms with Gasteiger partial charge in [0.15, 0.2) is 0 Å². The summed E-state index contributed by atoms with van der Waals surface area (Å²) in [6.07, 6.45) is 6.34. The van der Waals surface area contributed by atoms with Gasteiger partial charge in [-0.3, -0.25) is 0 Å². The summed E-state index contributed by atoms with van der Waals surface area (Å²) in [6.45, 7) is 8.34. The van der Waals surface area contributed by atoms with Crippen molar-refractivity contribution >= 4 is 23.9 Å². The van der Waals surface area contributed by atoms with Crippen LogP contribution in [0.1, 0.15) is 108 Å². The second-order valence-corrected chi connectivity index (χ2v) is 12.2. The maximum atomic E-state index is 12.8. The van der Waals surface area contributed by atoms with Crippen LogP contribution in [0.3, 0.4) is 0 Å². The SMILES string of the molecule is CCCCCOc1ccc(C(=O)Oc2ccc(C(=O)OC(C)(C)OC(=O)c3ccc(OC(=O)c4ccc(OCCCCC)cc4)cc3)cc2)cc1. The molecular formula is C41H44O10. The van der Waals surface area contributed by atoms with Crippen LogP contribution in [0.5, 0.6) is 23.0 Å². The third-order valence-electron chi connectivity index (χ3n) is 7.49. The van der Waals surface area contributed by atoms with Gasteiger partial charge in [0.05, 0.1) is 35.5 Å². The second-order valence-electron chi connectivity index (χ2n) is 12.2. The molecule has 0 saturated carbocycles. The van der Waals surface area contributed by atoms with Gasteiger partial charge in [-0.05, 0) is 110 Å². The zero-order valence-electron chi connectivity index (χ0n) is 29.5. The van der Waals surface area contributed by atoms with E-state index in [0.717, 1.165) is 38.5 Å². The quantitative estimate of drug-likeness (QED) is 0.0431. The average molecular weight is 697 g/mol. The van der Waals surface area contributed by atoms with E-state index >= 15 is 0 Å². The molecule has 0 radical (unpaired) electrons. The topological polar surface area (TPSA) is 124 Å². The van der Waals surface area contributed by atoms with Gasteiger partial charge in [0, 0.05) is 13.8 Å². The van der Waals surface area contributed by atoms with Crippen molar-refractivity contribution in [3.8, 4) is 23.0 Å². The van der Waals surface area contributed by atoms with Gasteiger partial charge in [-0.25, -0.2) is 19.2 Å². The molecule has 0 aliphatic carbocycles. The summed E-state index contributed by atoms with van der Waals surface area (Å²) in [5.74, 6) is -2.42. The molecule has 0 amide bonds. The van der Waals surface area contributed by atoms with E-state index in [9.17, 15) is 19.2 Å². The molecular weight excluding hydrogens is 652 g/mol. The van der Waals surface area contributed by atoms with Crippen molar-refractivity contribution in [2.24, 2.45) is 0 Å².